The highest BCUT2D eigenvalue weighted by molar-refractivity contribution is 5.95. The highest BCUT2D eigenvalue weighted by Gasteiger charge is 2.45. The van der Waals surface area contributed by atoms with Crippen LogP contribution in [0.5, 0.6) is 0 Å². The van der Waals surface area contributed by atoms with Gasteiger partial charge in [-0.1, -0.05) is 18.2 Å². The van der Waals surface area contributed by atoms with Crippen molar-refractivity contribution in [2.75, 3.05) is 43.5 Å². The molecule has 5 rings (SSSR count). The van der Waals surface area contributed by atoms with E-state index in [4.69, 9.17) is 0 Å². The first-order valence-electron chi connectivity index (χ1n) is 10.6. The lowest BCUT2D eigenvalue weighted by Crippen LogP contribution is -2.58. The lowest BCUT2D eigenvalue weighted by molar-refractivity contribution is -0.161. The molecule has 0 atom stereocenters. The molecule has 2 aromatic carbocycles. The van der Waals surface area contributed by atoms with E-state index in [0.29, 0.717) is 44.6 Å². The van der Waals surface area contributed by atoms with E-state index < -0.39 is 5.60 Å². The van der Waals surface area contributed by atoms with Crippen LogP contribution in [-0.4, -0.2) is 65.2 Å². The second-order valence-electron chi connectivity index (χ2n) is 8.34. The average molecular weight is 406 g/mol. The Morgan fingerprint density at radius 1 is 0.833 bits per heavy atom. The van der Waals surface area contributed by atoms with Crippen LogP contribution >= 0.6 is 0 Å². The number of anilines is 2. The third-order valence-electron chi connectivity index (χ3n) is 6.48. The largest absolute Gasteiger partial charge is 0.380 e. The number of nitrogens with zero attached hydrogens (tertiary/aromatic N) is 2. The molecule has 2 heterocycles. The van der Waals surface area contributed by atoms with Gasteiger partial charge >= 0.3 is 0 Å². The lowest BCUT2D eigenvalue weighted by Gasteiger charge is -2.42. The van der Waals surface area contributed by atoms with Gasteiger partial charge in [0.25, 0.3) is 11.8 Å². The number of carbonyl (C=O) groups is 2. The normalized spacial score (nSPS) is 19.4. The molecule has 0 bridgehead atoms. The number of piperazine rings is 1. The molecule has 0 spiro atoms. The van der Waals surface area contributed by atoms with E-state index in [1.807, 2.05) is 24.3 Å². The number of hydrogen-bond acceptors (Lipinski definition) is 5. The standard InChI is InChI=1S/C23H26N4O3/c28-21(26-10-12-27(13-11-26)22(29)23(30)8-1-9-23)17-4-2-16(3-5-17)18-6-7-19-20(14-18)25-15-24-19/h2-7,14,24-25,30H,1,8-13,15H2. The van der Waals surface area contributed by atoms with Crippen molar-refractivity contribution in [2.45, 2.75) is 24.9 Å². The summed E-state index contributed by atoms with van der Waals surface area (Å²) in [4.78, 5) is 28.8. The molecule has 0 aromatic heterocycles. The van der Waals surface area contributed by atoms with Crippen LogP contribution in [0.3, 0.4) is 0 Å². The smallest absolute Gasteiger partial charge is 0.254 e. The summed E-state index contributed by atoms with van der Waals surface area (Å²) < 4.78 is 0. The van der Waals surface area contributed by atoms with Gasteiger partial charge in [0.05, 0.1) is 18.0 Å². The summed E-state index contributed by atoms with van der Waals surface area (Å²) in [5, 5.41) is 16.8. The Morgan fingerprint density at radius 3 is 2.13 bits per heavy atom. The van der Waals surface area contributed by atoms with Crippen LogP contribution in [0.2, 0.25) is 0 Å². The summed E-state index contributed by atoms with van der Waals surface area (Å²) in [5.74, 6) is -0.194. The van der Waals surface area contributed by atoms with Crippen molar-refractivity contribution in [3.05, 3.63) is 48.0 Å². The van der Waals surface area contributed by atoms with Crippen molar-refractivity contribution >= 4 is 23.2 Å². The van der Waals surface area contributed by atoms with Crippen LogP contribution in [0, 0.1) is 0 Å². The molecule has 3 aliphatic rings. The lowest BCUT2D eigenvalue weighted by atomic mass is 9.79. The summed E-state index contributed by atoms with van der Waals surface area (Å²) in [5.41, 5.74) is 3.85. The monoisotopic (exact) mass is 406 g/mol. The highest BCUT2D eigenvalue weighted by Crippen LogP contribution is 2.34. The zero-order valence-corrected chi connectivity index (χ0v) is 16.9. The molecule has 7 heteroatoms. The predicted molar refractivity (Wildman–Crippen MR) is 115 cm³/mol. The molecule has 3 N–H and O–H groups in total. The average Bonchev–Trinajstić information content (AvgIpc) is 3.24. The van der Waals surface area contributed by atoms with Crippen LogP contribution in [0.25, 0.3) is 11.1 Å². The van der Waals surface area contributed by atoms with Crippen LogP contribution in [0.15, 0.2) is 42.5 Å². The number of rotatable bonds is 3. The minimum absolute atomic E-state index is 0.0178. The van der Waals surface area contributed by atoms with Crippen molar-refractivity contribution in [3.63, 3.8) is 0 Å². The third-order valence-corrected chi connectivity index (χ3v) is 6.48. The SMILES string of the molecule is O=C(c1ccc(-c2ccc3c(c2)NCN3)cc1)N1CCN(C(=O)C2(O)CCC2)CC1. The van der Waals surface area contributed by atoms with E-state index in [1.54, 1.807) is 9.80 Å². The van der Waals surface area contributed by atoms with Gasteiger partial charge in [-0.05, 0) is 54.7 Å². The van der Waals surface area contributed by atoms with Crippen molar-refractivity contribution < 1.29 is 14.7 Å². The summed E-state index contributed by atoms with van der Waals surface area (Å²) >= 11 is 0. The van der Waals surface area contributed by atoms with Gasteiger partial charge in [-0.25, -0.2) is 0 Å². The van der Waals surface area contributed by atoms with Crippen LogP contribution in [0.1, 0.15) is 29.6 Å². The topological polar surface area (TPSA) is 84.9 Å². The maximum atomic E-state index is 12.9. The molecule has 156 valence electrons. The fourth-order valence-corrected chi connectivity index (χ4v) is 4.38. The molecular formula is C23H26N4O3. The van der Waals surface area contributed by atoms with Crippen molar-refractivity contribution in [3.8, 4) is 11.1 Å². The number of carbonyl (C=O) groups excluding carboxylic acids is 2. The van der Waals surface area contributed by atoms with E-state index in [-0.39, 0.29) is 11.8 Å². The summed E-state index contributed by atoms with van der Waals surface area (Å²) in [6, 6.07) is 13.9. The predicted octanol–water partition coefficient (Wildman–Crippen LogP) is 2.35. The van der Waals surface area contributed by atoms with E-state index in [1.165, 1.54) is 0 Å². The van der Waals surface area contributed by atoms with Gasteiger partial charge < -0.3 is 25.5 Å². The number of hydrogen-bond donors (Lipinski definition) is 3. The van der Waals surface area contributed by atoms with Gasteiger partial charge in [0.15, 0.2) is 0 Å². The molecule has 0 radical (unpaired) electrons. The third kappa shape index (κ3) is 3.29. The molecule has 2 aromatic rings. The molecule has 1 saturated carbocycles. The molecule has 0 unspecified atom stereocenters. The van der Waals surface area contributed by atoms with Gasteiger partial charge in [-0.15, -0.1) is 0 Å². The van der Waals surface area contributed by atoms with Crippen molar-refractivity contribution in [2.24, 2.45) is 0 Å². The zero-order valence-electron chi connectivity index (χ0n) is 16.9. The highest BCUT2D eigenvalue weighted by atomic mass is 16.3. The fourth-order valence-electron chi connectivity index (χ4n) is 4.38. The molecule has 2 aliphatic heterocycles. The Balaban J connectivity index is 1.22. The minimum atomic E-state index is -1.16. The van der Waals surface area contributed by atoms with Crippen LogP contribution in [-0.2, 0) is 4.79 Å². The van der Waals surface area contributed by atoms with Gasteiger partial charge in [-0.3, -0.25) is 9.59 Å². The van der Waals surface area contributed by atoms with Gasteiger partial charge in [0.1, 0.15) is 5.60 Å². The minimum Gasteiger partial charge on any atom is -0.380 e. The van der Waals surface area contributed by atoms with Gasteiger partial charge in [-0.2, -0.15) is 0 Å². The maximum absolute atomic E-state index is 12.9. The molecule has 1 saturated heterocycles. The summed E-state index contributed by atoms with van der Waals surface area (Å²) in [6.45, 7) is 2.67. The molecule has 2 amide bonds. The second kappa shape index (κ2) is 7.32. The summed E-state index contributed by atoms with van der Waals surface area (Å²) in [7, 11) is 0. The number of nitrogens with one attached hydrogen (secondary N) is 2. The Bertz CT molecular complexity index is 976. The Labute approximate surface area is 175 Å². The van der Waals surface area contributed by atoms with Crippen LogP contribution < -0.4 is 10.6 Å². The van der Waals surface area contributed by atoms with Gasteiger partial charge in [0, 0.05) is 31.7 Å². The number of fused-ring (bicyclic) bond motifs is 1. The van der Waals surface area contributed by atoms with E-state index in [0.717, 1.165) is 35.6 Å². The fraction of sp³-hybridized carbons (Fsp3) is 0.391. The zero-order chi connectivity index (χ0) is 20.7. The van der Waals surface area contributed by atoms with E-state index in [2.05, 4.69) is 28.8 Å². The van der Waals surface area contributed by atoms with Crippen molar-refractivity contribution in [1.29, 1.82) is 0 Å². The Hall–Kier alpha value is -3.06. The first-order chi connectivity index (χ1) is 14.5. The number of benzene rings is 2. The van der Waals surface area contributed by atoms with E-state index >= 15 is 0 Å². The molecule has 7 nitrogen and oxygen atoms in total. The first kappa shape index (κ1) is 18.9. The maximum Gasteiger partial charge on any atom is 0.254 e. The quantitative estimate of drug-likeness (QED) is 0.729. The first-order valence-corrected chi connectivity index (χ1v) is 10.6. The summed E-state index contributed by atoms with van der Waals surface area (Å²) in [6.07, 6.45) is 2.00. The van der Waals surface area contributed by atoms with Crippen LogP contribution in [0.4, 0.5) is 11.4 Å². The molecule has 30 heavy (non-hydrogen) atoms. The molecule has 2 fully saturated rings. The van der Waals surface area contributed by atoms with Crippen molar-refractivity contribution in [1.82, 2.24) is 9.80 Å². The molecule has 1 aliphatic carbocycles. The number of amides is 2. The van der Waals surface area contributed by atoms with Gasteiger partial charge in [0.2, 0.25) is 0 Å². The molecular weight excluding hydrogens is 380 g/mol. The number of aliphatic hydroxyl groups is 1. The Kier molecular flexibility index (Phi) is 4.62. The second-order valence-corrected chi connectivity index (χ2v) is 8.34. The Morgan fingerprint density at radius 2 is 1.47 bits per heavy atom. The van der Waals surface area contributed by atoms with E-state index in [9.17, 15) is 14.7 Å².